The summed E-state index contributed by atoms with van der Waals surface area (Å²) < 4.78 is 26.3. The molecule has 0 bridgehead atoms. The van der Waals surface area contributed by atoms with Gasteiger partial charge in [-0.25, -0.2) is 9.59 Å². The molecule has 0 heterocycles. The van der Waals surface area contributed by atoms with Gasteiger partial charge in [0, 0.05) is 47.6 Å². The van der Waals surface area contributed by atoms with E-state index < -0.39 is 22.4 Å². The van der Waals surface area contributed by atoms with Gasteiger partial charge in [-0.1, -0.05) is 205 Å². The lowest BCUT2D eigenvalue weighted by Crippen LogP contribution is -2.39. The Morgan fingerprint density at radius 1 is 0.330 bits per heavy atom. The highest BCUT2D eigenvalue weighted by Crippen LogP contribution is 2.49. The molecule has 6 heteroatoms. The maximum atomic E-state index is 12.7. The Bertz CT molecular complexity index is 2850. The van der Waals surface area contributed by atoms with Crippen LogP contribution in [0.1, 0.15) is 345 Å². The average Bonchev–Trinajstić information content (AvgIpc) is 0.789. The Morgan fingerprint density at radius 3 is 0.770 bits per heavy atom. The van der Waals surface area contributed by atoms with E-state index in [4.69, 9.17) is 18.9 Å². The maximum Gasteiger partial charge on any atom is 0.331 e. The van der Waals surface area contributed by atoms with Gasteiger partial charge in [0.15, 0.2) is 11.2 Å². The molecular weight excluding hydrogens is 1230 g/mol. The molecule has 0 aromatic heterocycles. The molecule has 0 atom stereocenters. The molecule has 8 aliphatic carbocycles. The van der Waals surface area contributed by atoms with E-state index in [1.165, 1.54) is 205 Å². The maximum absolute atomic E-state index is 12.7. The molecule has 2 aromatic rings. The fourth-order valence-electron chi connectivity index (χ4n) is 20.8. The van der Waals surface area contributed by atoms with Crippen LogP contribution in [0.25, 0.3) is 0 Å². The molecule has 0 radical (unpaired) electrons. The third-order valence-corrected chi connectivity index (χ3v) is 27.1. The van der Waals surface area contributed by atoms with Gasteiger partial charge in [-0.15, -0.1) is 0 Å². The van der Waals surface area contributed by atoms with E-state index in [1.807, 2.05) is 0 Å². The molecule has 100 heavy (non-hydrogen) atoms. The van der Waals surface area contributed by atoms with Crippen molar-refractivity contribution in [3.05, 3.63) is 96.1 Å². The van der Waals surface area contributed by atoms with Crippen LogP contribution in [0.15, 0.2) is 73.8 Å². The van der Waals surface area contributed by atoms with E-state index in [9.17, 15) is 9.59 Å². The van der Waals surface area contributed by atoms with Crippen molar-refractivity contribution >= 4 is 11.9 Å². The van der Waals surface area contributed by atoms with Gasteiger partial charge in [-0.05, 0) is 298 Å². The minimum atomic E-state index is -0.765. The highest BCUT2D eigenvalue weighted by Gasteiger charge is 2.44. The lowest BCUT2D eigenvalue weighted by atomic mass is 9.67. The van der Waals surface area contributed by atoms with E-state index >= 15 is 0 Å². The predicted molar refractivity (Wildman–Crippen MR) is 413 cm³/mol. The number of hydrogen-bond acceptors (Lipinski definition) is 6. The van der Waals surface area contributed by atoms with Crippen molar-refractivity contribution < 1.29 is 28.5 Å². The molecule has 8 saturated carbocycles. The minimum Gasteiger partial charge on any atom is -0.443 e. The van der Waals surface area contributed by atoms with Crippen molar-refractivity contribution in [1.82, 2.24) is 0 Å². The van der Waals surface area contributed by atoms with Crippen molar-refractivity contribution in [3.63, 3.8) is 0 Å². The summed E-state index contributed by atoms with van der Waals surface area (Å²) in [7, 11) is 0. The Hall–Kier alpha value is -4.98. The molecule has 8 aliphatic rings. The molecule has 6 nitrogen and oxygen atoms in total. The number of carbonyl (C=O) groups excluding carboxylic acids is 2. The number of carbonyl (C=O) groups is 2. The second-order valence-electron chi connectivity index (χ2n) is 33.8. The fraction of sp³-hybridized carbons (Fsp3) is 0.723. The van der Waals surface area contributed by atoms with E-state index in [2.05, 4.69) is 137 Å². The second kappa shape index (κ2) is 39.8. The summed E-state index contributed by atoms with van der Waals surface area (Å²) in [6.07, 6.45) is 58.7. The van der Waals surface area contributed by atoms with Crippen LogP contribution in [0.4, 0.5) is 0 Å². The highest BCUT2D eigenvalue weighted by molar-refractivity contribution is 5.82. The lowest BCUT2D eigenvalue weighted by molar-refractivity contribution is -0.152. The molecule has 0 spiro atoms. The van der Waals surface area contributed by atoms with Crippen LogP contribution >= 0.6 is 0 Å². The molecular formula is C94H134O6. The summed E-state index contributed by atoms with van der Waals surface area (Å²) in [6, 6.07) is 16.8. The van der Waals surface area contributed by atoms with Gasteiger partial charge in [-0.2, -0.15) is 0 Å². The quantitative estimate of drug-likeness (QED) is 0.0384. The van der Waals surface area contributed by atoms with Gasteiger partial charge in [0.2, 0.25) is 0 Å². The van der Waals surface area contributed by atoms with E-state index in [0.717, 1.165) is 197 Å². The monoisotopic (exact) mass is 1360 g/mol. The van der Waals surface area contributed by atoms with Crippen molar-refractivity contribution in [2.45, 2.75) is 345 Å². The number of ether oxygens (including phenoxy) is 4. The second-order valence-corrected chi connectivity index (χ2v) is 33.8. The van der Waals surface area contributed by atoms with Gasteiger partial charge < -0.3 is 18.9 Å². The van der Waals surface area contributed by atoms with E-state index in [1.54, 1.807) is 0 Å². The summed E-state index contributed by atoms with van der Waals surface area (Å²) in [5, 5.41) is 0. The van der Waals surface area contributed by atoms with Gasteiger partial charge in [0.05, 0.1) is 0 Å². The predicted octanol–water partition coefficient (Wildman–Crippen LogP) is 23.8. The molecule has 0 unspecified atom stereocenters. The molecule has 0 N–H and O–H groups in total. The zero-order valence-electron chi connectivity index (χ0n) is 63.5. The van der Waals surface area contributed by atoms with Gasteiger partial charge in [0.25, 0.3) is 0 Å². The highest BCUT2D eigenvalue weighted by atomic mass is 16.6. The molecule has 10 rings (SSSR count). The van der Waals surface area contributed by atoms with Crippen LogP contribution in [0.5, 0.6) is 0 Å². The van der Waals surface area contributed by atoms with Crippen molar-refractivity contribution in [3.8, 4) is 47.4 Å². The van der Waals surface area contributed by atoms with Crippen LogP contribution in [0, 0.1) is 118 Å². The fourth-order valence-corrected chi connectivity index (χ4v) is 20.8. The number of rotatable bonds is 27. The van der Waals surface area contributed by atoms with Crippen molar-refractivity contribution in [2.24, 2.45) is 71.0 Å². The van der Waals surface area contributed by atoms with Crippen LogP contribution in [-0.2, 0) is 28.5 Å². The summed E-state index contributed by atoms with van der Waals surface area (Å²) >= 11 is 0. The smallest absolute Gasteiger partial charge is 0.331 e. The van der Waals surface area contributed by atoms with Crippen LogP contribution in [-0.4, -0.2) is 47.6 Å². The Kier molecular flexibility index (Phi) is 30.9. The lowest BCUT2D eigenvalue weighted by Gasteiger charge is -2.41. The zero-order chi connectivity index (χ0) is 69.9. The average molecular weight is 1360 g/mol. The first kappa shape index (κ1) is 77.6. The van der Waals surface area contributed by atoms with Gasteiger partial charge in [0.1, 0.15) is 11.2 Å². The third-order valence-electron chi connectivity index (χ3n) is 27.1. The molecule has 546 valence electrons. The summed E-state index contributed by atoms with van der Waals surface area (Å²) in [5.74, 6) is 37.9. The summed E-state index contributed by atoms with van der Waals surface area (Å²) in [4.78, 5) is 25.5. The number of unbranched alkanes of at least 4 members (excludes halogenated alkanes) is 5. The molecule has 0 saturated heterocycles. The van der Waals surface area contributed by atoms with E-state index in [-0.39, 0.29) is 11.9 Å². The van der Waals surface area contributed by atoms with Crippen molar-refractivity contribution in [1.29, 1.82) is 0 Å². The Labute approximate surface area is 610 Å². The standard InChI is InChI=1S/C94H134O6/c1-7-19-73-31-39-81(40-32-73)85-51-63-91(64-52-85,59-47-77-23-27-79(28-24-77)49-61-93(99-89(95)11-5)67-55-87(56-68-93)83-43-35-75(21-9-3)36-44-83)97-71-17-15-13-14-16-18-72-98-92(65-53-86(54-66-92)82-41-33-74(20-8-2)34-42-82)60-48-78-25-29-80(30-26-78)50-62-94(100-90(96)12-6)69-57-88(58-70-94)84-45-37-76(22-10-4)38-46-84/h11-12,23-30,73-76,81-88H,5-10,13-22,31-46,51-58,63-72H2,1-4H3. The number of esters is 2. The van der Waals surface area contributed by atoms with Gasteiger partial charge >= 0.3 is 11.9 Å². The molecule has 0 aliphatic heterocycles. The Morgan fingerprint density at radius 2 is 0.540 bits per heavy atom. The first-order chi connectivity index (χ1) is 48.9. The van der Waals surface area contributed by atoms with Crippen LogP contribution < -0.4 is 0 Å². The topological polar surface area (TPSA) is 71.1 Å². The van der Waals surface area contributed by atoms with Crippen LogP contribution in [0.2, 0.25) is 0 Å². The zero-order valence-corrected chi connectivity index (χ0v) is 63.5. The van der Waals surface area contributed by atoms with Crippen molar-refractivity contribution in [2.75, 3.05) is 13.2 Å². The summed E-state index contributed by atoms with van der Waals surface area (Å²) in [5.41, 5.74) is 1.49. The molecule has 0 amide bonds. The number of hydrogen-bond donors (Lipinski definition) is 0. The Balaban J connectivity index is 0.713. The molecule has 8 fully saturated rings. The summed E-state index contributed by atoms with van der Waals surface area (Å²) in [6.45, 7) is 18.3. The third kappa shape index (κ3) is 23.3. The van der Waals surface area contributed by atoms with Crippen LogP contribution in [0.3, 0.4) is 0 Å². The molecule has 2 aromatic carbocycles. The van der Waals surface area contributed by atoms with E-state index in [0.29, 0.717) is 11.8 Å². The van der Waals surface area contributed by atoms with Gasteiger partial charge in [-0.3, -0.25) is 0 Å². The SMILES string of the molecule is C=CC(=O)OC1(C#Cc2ccc(C#CC3(OCCCCCCCCOC4(C#Cc5ccc(C#CC6(OC(=O)C=C)CCC(C7CCC(CCC)CC7)CC6)cc5)CCC(C5CCC(CCC)CC5)CC4)CCC(C4CCC(CCC)CC4)CC3)cc2)CCC(C2CCC(CCC)CC2)CC1. The first-order valence-electron chi connectivity index (χ1n) is 42.2. The first-order valence-corrected chi connectivity index (χ1v) is 42.2. The largest absolute Gasteiger partial charge is 0.443 e. The normalized spacial score (nSPS) is 33.0. The minimum absolute atomic E-state index is 0.376. The number of benzene rings is 2.